The average Bonchev–Trinajstić information content (AvgIpc) is 2.14. The first kappa shape index (κ1) is 11.2. The lowest BCUT2D eigenvalue weighted by atomic mass is 10.1. The number of hydrogen-bond acceptors (Lipinski definition) is 1. The largest absolute Gasteiger partial charge is 0.494 e. The lowest BCUT2D eigenvalue weighted by molar-refractivity contribution is 0.415. The standard InChI is InChI=1S/C11H10Cl2O/c1-3-4-5-8-6-9(12)11(14-2)10(13)7-8/h1,6-7H,4-5H2,2H3. The van der Waals surface area contributed by atoms with E-state index >= 15 is 0 Å². The van der Waals surface area contributed by atoms with E-state index in [0.717, 1.165) is 12.0 Å². The summed E-state index contributed by atoms with van der Waals surface area (Å²) in [5.74, 6) is 3.08. The molecule has 3 heteroatoms. The Morgan fingerprint density at radius 1 is 1.36 bits per heavy atom. The molecule has 0 radical (unpaired) electrons. The number of benzene rings is 1. The molecule has 0 atom stereocenters. The van der Waals surface area contributed by atoms with Crippen LogP contribution in [0.15, 0.2) is 12.1 Å². The van der Waals surface area contributed by atoms with Gasteiger partial charge in [0.15, 0.2) is 5.75 Å². The number of methoxy groups -OCH3 is 1. The molecule has 0 saturated carbocycles. The van der Waals surface area contributed by atoms with E-state index in [0.29, 0.717) is 22.2 Å². The summed E-state index contributed by atoms with van der Waals surface area (Å²) in [4.78, 5) is 0. The molecular weight excluding hydrogens is 219 g/mol. The van der Waals surface area contributed by atoms with Crippen LogP contribution in [0.5, 0.6) is 5.75 Å². The number of terminal acetylenes is 1. The maximum absolute atomic E-state index is 5.95. The Bertz CT molecular complexity index is 343. The number of hydrogen-bond donors (Lipinski definition) is 0. The fraction of sp³-hybridized carbons (Fsp3) is 0.273. The van der Waals surface area contributed by atoms with Crippen molar-refractivity contribution in [2.45, 2.75) is 12.8 Å². The van der Waals surface area contributed by atoms with Gasteiger partial charge >= 0.3 is 0 Å². The van der Waals surface area contributed by atoms with Gasteiger partial charge in [0.25, 0.3) is 0 Å². The fourth-order valence-electron chi connectivity index (χ4n) is 1.17. The lowest BCUT2D eigenvalue weighted by Gasteiger charge is -2.07. The van der Waals surface area contributed by atoms with Gasteiger partial charge in [-0.3, -0.25) is 0 Å². The monoisotopic (exact) mass is 228 g/mol. The first-order valence-corrected chi connectivity index (χ1v) is 4.90. The highest BCUT2D eigenvalue weighted by molar-refractivity contribution is 6.37. The Kier molecular flexibility index (Phi) is 4.13. The summed E-state index contributed by atoms with van der Waals surface area (Å²) < 4.78 is 5.03. The van der Waals surface area contributed by atoms with Gasteiger partial charge in [-0.25, -0.2) is 0 Å². The Balaban J connectivity index is 2.97. The van der Waals surface area contributed by atoms with Crippen molar-refractivity contribution in [1.29, 1.82) is 0 Å². The number of rotatable bonds is 3. The van der Waals surface area contributed by atoms with Crippen LogP contribution in [0.25, 0.3) is 0 Å². The third kappa shape index (κ3) is 2.57. The zero-order valence-corrected chi connectivity index (χ0v) is 9.32. The van der Waals surface area contributed by atoms with Gasteiger partial charge in [-0.2, -0.15) is 0 Å². The number of aryl methyl sites for hydroxylation is 1. The molecule has 0 fully saturated rings. The lowest BCUT2D eigenvalue weighted by Crippen LogP contribution is -1.89. The summed E-state index contributed by atoms with van der Waals surface area (Å²) in [5.41, 5.74) is 1.03. The predicted molar refractivity (Wildman–Crippen MR) is 60.2 cm³/mol. The van der Waals surface area contributed by atoms with Gasteiger partial charge in [-0.15, -0.1) is 12.3 Å². The van der Waals surface area contributed by atoms with Crippen molar-refractivity contribution in [2.75, 3.05) is 7.11 Å². The van der Waals surface area contributed by atoms with E-state index in [4.69, 9.17) is 34.4 Å². The van der Waals surface area contributed by atoms with E-state index in [1.165, 1.54) is 7.11 Å². The summed E-state index contributed by atoms with van der Waals surface area (Å²) in [5, 5.41) is 1.04. The van der Waals surface area contributed by atoms with Crippen LogP contribution in [0.3, 0.4) is 0 Å². The molecule has 0 unspecified atom stereocenters. The van der Waals surface area contributed by atoms with Crippen molar-refractivity contribution in [3.05, 3.63) is 27.7 Å². The van der Waals surface area contributed by atoms with Gasteiger partial charge in [0, 0.05) is 6.42 Å². The van der Waals surface area contributed by atoms with Gasteiger partial charge in [-0.05, 0) is 24.1 Å². The molecule has 1 aromatic carbocycles. The van der Waals surface area contributed by atoms with Crippen LogP contribution in [-0.2, 0) is 6.42 Å². The van der Waals surface area contributed by atoms with E-state index in [9.17, 15) is 0 Å². The molecule has 1 rings (SSSR count). The zero-order chi connectivity index (χ0) is 10.6. The molecule has 1 aromatic rings. The minimum Gasteiger partial charge on any atom is -0.494 e. The van der Waals surface area contributed by atoms with E-state index in [-0.39, 0.29) is 0 Å². The molecule has 0 aliphatic rings. The normalized spacial score (nSPS) is 9.57. The molecule has 0 bridgehead atoms. The van der Waals surface area contributed by atoms with Gasteiger partial charge in [0.2, 0.25) is 0 Å². The molecular formula is C11H10Cl2O. The van der Waals surface area contributed by atoms with Crippen LogP contribution in [0.4, 0.5) is 0 Å². The maximum atomic E-state index is 5.95. The van der Waals surface area contributed by atoms with E-state index < -0.39 is 0 Å². The summed E-state index contributed by atoms with van der Waals surface area (Å²) in [7, 11) is 1.54. The SMILES string of the molecule is C#CCCc1cc(Cl)c(OC)c(Cl)c1. The van der Waals surface area contributed by atoms with Crippen LogP contribution >= 0.6 is 23.2 Å². The molecule has 14 heavy (non-hydrogen) atoms. The topological polar surface area (TPSA) is 9.23 Å². The van der Waals surface area contributed by atoms with Gasteiger partial charge < -0.3 is 4.74 Å². The highest BCUT2D eigenvalue weighted by Crippen LogP contribution is 2.33. The molecule has 0 aromatic heterocycles. The van der Waals surface area contributed by atoms with E-state index in [1.54, 1.807) is 0 Å². The summed E-state index contributed by atoms with van der Waals surface area (Å²) in [6.45, 7) is 0. The molecule has 1 nitrogen and oxygen atoms in total. The van der Waals surface area contributed by atoms with Crippen molar-refractivity contribution < 1.29 is 4.74 Å². The van der Waals surface area contributed by atoms with E-state index in [1.807, 2.05) is 12.1 Å². The third-order valence-electron chi connectivity index (χ3n) is 1.82. The first-order chi connectivity index (χ1) is 6.69. The fourth-order valence-corrected chi connectivity index (χ4v) is 1.85. The molecule has 0 aliphatic carbocycles. The Morgan fingerprint density at radius 2 is 1.93 bits per heavy atom. The van der Waals surface area contributed by atoms with Gasteiger partial charge in [-0.1, -0.05) is 23.2 Å². The highest BCUT2D eigenvalue weighted by Gasteiger charge is 2.07. The summed E-state index contributed by atoms with van der Waals surface area (Å²) in [6, 6.07) is 3.65. The molecule has 0 N–H and O–H groups in total. The average molecular weight is 229 g/mol. The Hall–Kier alpha value is -0.840. The smallest absolute Gasteiger partial charge is 0.156 e. The van der Waals surface area contributed by atoms with Gasteiger partial charge in [0.05, 0.1) is 17.2 Å². The number of ether oxygens (including phenoxy) is 1. The summed E-state index contributed by atoms with van der Waals surface area (Å²) >= 11 is 11.9. The molecule has 0 amide bonds. The molecule has 0 spiro atoms. The minimum atomic E-state index is 0.512. The minimum absolute atomic E-state index is 0.512. The van der Waals surface area contributed by atoms with Crippen molar-refractivity contribution >= 4 is 23.2 Å². The maximum Gasteiger partial charge on any atom is 0.156 e. The molecule has 0 heterocycles. The number of halogens is 2. The highest BCUT2D eigenvalue weighted by atomic mass is 35.5. The Labute approximate surface area is 94.0 Å². The van der Waals surface area contributed by atoms with Crippen molar-refractivity contribution in [1.82, 2.24) is 0 Å². The van der Waals surface area contributed by atoms with Crippen molar-refractivity contribution in [3.63, 3.8) is 0 Å². The van der Waals surface area contributed by atoms with Crippen LogP contribution in [-0.4, -0.2) is 7.11 Å². The molecule has 0 saturated heterocycles. The second-order valence-corrected chi connectivity index (χ2v) is 3.61. The zero-order valence-electron chi connectivity index (χ0n) is 7.81. The van der Waals surface area contributed by atoms with Crippen LogP contribution < -0.4 is 4.74 Å². The quantitative estimate of drug-likeness (QED) is 0.720. The van der Waals surface area contributed by atoms with Crippen LogP contribution in [0.2, 0.25) is 10.0 Å². The Morgan fingerprint density at radius 3 is 2.36 bits per heavy atom. The van der Waals surface area contributed by atoms with Gasteiger partial charge in [0.1, 0.15) is 0 Å². The van der Waals surface area contributed by atoms with Crippen molar-refractivity contribution in [3.8, 4) is 18.1 Å². The predicted octanol–water partition coefficient (Wildman–Crippen LogP) is 3.57. The molecule has 74 valence electrons. The second kappa shape index (κ2) is 5.14. The van der Waals surface area contributed by atoms with E-state index in [2.05, 4.69) is 5.92 Å². The first-order valence-electron chi connectivity index (χ1n) is 4.14. The van der Waals surface area contributed by atoms with Crippen LogP contribution in [0, 0.1) is 12.3 Å². The second-order valence-electron chi connectivity index (χ2n) is 2.80. The van der Waals surface area contributed by atoms with Crippen LogP contribution in [0.1, 0.15) is 12.0 Å². The van der Waals surface area contributed by atoms with Crippen molar-refractivity contribution in [2.24, 2.45) is 0 Å². The third-order valence-corrected chi connectivity index (χ3v) is 2.38. The summed E-state index contributed by atoms with van der Waals surface area (Å²) in [6.07, 6.45) is 6.63. The molecule has 0 aliphatic heterocycles.